The van der Waals surface area contributed by atoms with Gasteiger partial charge < -0.3 is 0 Å². The summed E-state index contributed by atoms with van der Waals surface area (Å²) in [5.41, 5.74) is 2.47. The minimum Gasteiger partial charge on any atom is -0.284 e. The zero-order chi connectivity index (χ0) is 22.6. The minimum atomic E-state index is -3.42. The van der Waals surface area contributed by atoms with Gasteiger partial charge in [0.1, 0.15) is 0 Å². The lowest BCUT2D eigenvalue weighted by Gasteiger charge is -2.20. The second kappa shape index (κ2) is 9.94. The van der Waals surface area contributed by atoms with Crippen LogP contribution in [-0.2, 0) is 26.9 Å². The normalized spacial score (nSPS) is 11.5. The molecule has 0 spiro atoms. The van der Waals surface area contributed by atoms with Crippen molar-refractivity contribution in [3.8, 4) is 0 Å². The first-order valence-electron chi connectivity index (χ1n) is 10.0. The summed E-state index contributed by atoms with van der Waals surface area (Å²) < 4.78 is 27.1. The lowest BCUT2D eigenvalue weighted by molar-refractivity contribution is -0.118. The largest absolute Gasteiger partial charge is 0.284 e. The molecule has 1 aromatic heterocycles. The topological polar surface area (TPSA) is 67.3 Å². The van der Waals surface area contributed by atoms with Gasteiger partial charge in [0.25, 0.3) is 0 Å². The number of thiazole rings is 1. The minimum absolute atomic E-state index is 0.0744. The van der Waals surface area contributed by atoms with E-state index in [2.05, 4.69) is 20.9 Å². The summed E-state index contributed by atoms with van der Waals surface area (Å²) in [4.78, 5) is 19.4. The number of benzene rings is 3. The first kappa shape index (κ1) is 22.6. The van der Waals surface area contributed by atoms with Gasteiger partial charge in [-0.15, -0.1) is 0 Å². The van der Waals surface area contributed by atoms with Crippen LogP contribution in [0, 0.1) is 0 Å². The van der Waals surface area contributed by atoms with Crippen LogP contribution in [0.3, 0.4) is 0 Å². The van der Waals surface area contributed by atoms with Gasteiger partial charge in [-0.1, -0.05) is 87.9 Å². The fourth-order valence-electron chi connectivity index (χ4n) is 3.31. The smallest absolute Gasteiger partial charge is 0.230 e. The van der Waals surface area contributed by atoms with Gasteiger partial charge in [0, 0.05) is 10.9 Å². The van der Waals surface area contributed by atoms with Crippen LogP contribution >= 0.6 is 27.3 Å². The molecule has 1 heterocycles. The Morgan fingerprint density at radius 2 is 1.59 bits per heavy atom. The highest BCUT2D eigenvalue weighted by Crippen LogP contribution is 2.32. The summed E-state index contributed by atoms with van der Waals surface area (Å²) in [5.74, 6) is -0.541. The highest BCUT2D eigenvalue weighted by molar-refractivity contribution is 9.10. The van der Waals surface area contributed by atoms with Gasteiger partial charge >= 0.3 is 0 Å². The second-order valence-electron chi connectivity index (χ2n) is 7.40. The van der Waals surface area contributed by atoms with Crippen molar-refractivity contribution in [2.24, 2.45) is 0 Å². The highest BCUT2D eigenvalue weighted by atomic mass is 79.9. The van der Waals surface area contributed by atoms with E-state index in [9.17, 15) is 13.2 Å². The zero-order valence-electron chi connectivity index (χ0n) is 17.1. The van der Waals surface area contributed by atoms with Gasteiger partial charge in [-0.3, -0.25) is 9.69 Å². The Labute approximate surface area is 199 Å². The third-order valence-corrected chi connectivity index (χ3v) is 8.04. The average molecular weight is 529 g/mol. The van der Waals surface area contributed by atoms with E-state index in [0.29, 0.717) is 11.7 Å². The highest BCUT2D eigenvalue weighted by Gasteiger charge is 2.23. The summed E-state index contributed by atoms with van der Waals surface area (Å²) in [5, 5.41) is 0.562. The van der Waals surface area contributed by atoms with Crippen LogP contribution in [0.1, 0.15) is 17.5 Å². The predicted octanol–water partition coefficient (Wildman–Crippen LogP) is 5.60. The van der Waals surface area contributed by atoms with Crippen LogP contribution < -0.4 is 4.90 Å². The van der Waals surface area contributed by atoms with Crippen LogP contribution in [-0.4, -0.2) is 25.1 Å². The van der Waals surface area contributed by atoms with Crippen molar-refractivity contribution in [1.29, 1.82) is 0 Å². The Kier molecular flexibility index (Phi) is 7.03. The van der Waals surface area contributed by atoms with E-state index < -0.39 is 9.84 Å². The molecule has 0 aliphatic rings. The van der Waals surface area contributed by atoms with Gasteiger partial charge in [-0.05, 0) is 29.3 Å². The van der Waals surface area contributed by atoms with E-state index in [1.807, 2.05) is 66.7 Å². The van der Waals surface area contributed by atoms with Crippen molar-refractivity contribution in [3.63, 3.8) is 0 Å². The van der Waals surface area contributed by atoms with Crippen LogP contribution in [0.15, 0.2) is 83.3 Å². The molecule has 0 aliphatic heterocycles. The van der Waals surface area contributed by atoms with Crippen molar-refractivity contribution in [1.82, 2.24) is 4.98 Å². The summed E-state index contributed by atoms with van der Waals surface area (Å²) >= 11 is 4.88. The third kappa shape index (κ3) is 5.82. The molecule has 1 amide bonds. The zero-order valence-corrected chi connectivity index (χ0v) is 20.4. The van der Waals surface area contributed by atoms with Crippen molar-refractivity contribution in [3.05, 3.63) is 94.5 Å². The molecule has 4 rings (SSSR count). The van der Waals surface area contributed by atoms with Crippen molar-refractivity contribution in [2.75, 3.05) is 10.7 Å². The Morgan fingerprint density at radius 3 is 2.28 bits per heavy atom. The first-order valence-corrected chi connectivity index (χ1v) is 13.5. The molecule has 8 heteroatoms. The number of carbonyl (C=O) groups is 1. The number of hydrogen-bond acceptors (Lipinski definition) is 5. The van der Waals surface area contributed by atoms with E-state index in [1.165, 1.54) is 11.3 Å². The van der Waals surface area contributed by atoms with E-state index in [1.54, 1.807) is 17.0 Å². The molecule has 3 aromatic carbocycles. The van der Waals surface area contributed by atoms with Crippen LogP contribution in [0.4, 0.5) is 5.13 Å². The quantitative estimate of drug-likeness (QED) is 0.298. The maximum Gasteiger partial charge on any atom is 0.230 e. The second-order valence-corrected chi connectivity index (χ2v) is 11.5. The maximum atomic E-state index is 13.2. The molecule has 164 valence electrons. The number of amides is 1. The third-order valence-electron chi connectivity index (χ3n) is 4.91. The number of hydrogen-bond donors (Lipinski definition) is 0. The maximum absolute atomic E-state index is 13.2. The first-order chi connectivity index (χ1) is 15.4. The Hall–Kier alpha value is -2.55. The molecular weight excluding hydrogens is 508 g/mol. The molecule has 5 nitrogen and oxygen atoms in total. The van der Waals surface area contributed by atoms with Gasteiger partial charge in [0.05, 0.1) is 28.3 Å². The summed E-state index contributed by atoms with van der Waals surface area (Å²) in [6, 6.07) is 24.4. The number of aromatic nitrogens is 1. The van der Waals surface area contributed by atoms with E-state index in [-0.39, 0.29) is 23.8 Å². The van der Waals surface area contributed by atoms with E-state index >= 15 is 0 Å². The fourth-order valence-corrected chi connectivity index (χ4v) is 6.17. The van der Waals surface area contributed by atoms with E-state index in [4.69, 9.17) is 0 Å². The average Bonchev–Trinajstić information content (AvgIpc) is 3.20. The van der Waals surface area contributed by atoms with Crippen molar-refractivity contribution < 1.29 is 13.2 Å². The number of rotatable bonds is 8. The number of fused-ring (bicyclic) bond motifs is 1. The fraction of sp³-hybridized carbons (Fsp3) is 0.167. The van der Waals surface area contributed by atoms with Crippen LogP contribution in [0.2, 0.25) is 0 Å². The lowest BCUT2D eigenvalue weighted by Crippen LogP contribution is -2.31. The van der Waals surface area contributed by atoms with Crippen molar-refractivity contribution >= 4 is 58.4 Å². The number of anilines is 1. The lowest BCUT2D eigenvalue weighted by atomic mass is 10.2. The summed E-state index contributed by atoms with van der Waals surface area (Å²) in [7, 11) is -3.42. The molecule has 4 aromatic rings. The predicted molar refractivity (Wildman–Crippen MR) is 134 cm³/mol. The molecule has 32 heavy (non-hydrogen) atoms. The number of halogens is 1. The van der Waals surface area contributed by atoms with Crippen LogP contribution in [0.5, 0.6) is 0 Å². The Bertz CT molecular complexity index is 1320. The monoisotopic (exact) mass is 528 g/mol. The Morgan fingerprint density at radius 1 is 0.938 bits per heavy atom. The molecule has 0 saturated carbocycles. The van der Waals surface area contributed by atoms with Gasteiger partial charge in [0.2, 0.25) is 5.91 Å². The molecule has 0 N–H and O–H groups in total. The molecule has 0 fully saturated rings. The van der Waals surface area contributed by atoms with Gasteiger partial charge in [0.15, 0.2) is 15.0 Å². The molecule has 0 aliphatic carbocycles. The molecule has 0 radical (unpaired) electrons. The molecule has 0 saturated heterocycles. The number of nitrogens with zero attached hydrogens (tertiary/aromatic N) is 2. The van der Waals surface area contributed by atoms with Gasteiger partial charge in [-0.25, -0.2) is 13.4 Å². The molecule has 0 atom stereocenters. The van der Waals surface area contributed by atoms with Gasteiger partial charge in [-0.2, -0.15) is 0 Å². The molecular formula is C24H21BrN2O3S2. The standard InChI is InChI=1S/C24H21BrN2O3S2/c25-20-11-12-21-22(15-20)31-24(26-21)27(16-18-7-3-1-4-8-18)23(28)13-14-32(29,30)17-19-9-5-2-6-10-19/h1-12,15H,13-14,16-17H2. The number of sulfone groups is 1. The SMILES string of the molecule is O=C(CCS(=O)(=O)Cc1ccccc1)N(Cc1ccccc1)c1nc2ccc(Br)cc2s1. The molecule has 0 unspecified atom stereocenters. The summed E-state index contributed by atoms with van der Waals surface area (Å²) in [6.07, 6.45) is -0.0956. The van der Waals surface area contributed by atoms with Crippen LogP contribution in [0.25, 0.3) is 10.2 Å². The van der Waals surface area contributed by atoms with E-state index in [0.717, 1.165) is 25.8 Å². The Balaban J connectivity index is 1.55. The number of carbonyl (C=O) groups excluding carboxylic acids is 1. The molecule has 0 bridgehead atoms. The van der Waals surface area contributed by atoms with Crippen molar-refractivity contribution in [2.45, 2.75) is 18.7 Å². The summed E-state index contributed by atoms with van der Waals surface area (Å²) in [6.45, 7) is 0.333.